The molecule has 0 aromatic carbocycles. The van der Waals surface area contributed by atoms with Gasteiger partial charge in [-0.05, 0) is 13.0 Å². The molecule has 0 bridgehead atoms. The molecule has 0 atom stereocenters. The van der Waals surface area contributed by atoms with E-state index in [1.165, 1.54) is 19.3 Å². The summed E-state index contributed by atoms with van der Waals surface area (Å²) in [4.78, 5) is 0. The minimum absolute atomic E-state index is 0.367. The van der Waals surface area contributed by atoms with Gasteiger partial charge in [-0.1, -0.05) is 19.8 Å². The molecule has 1 rings (SSSR count). The first-order valence-electron chi connectivity index (χ1n) is 4.63. The highest BCUT2D eigenvalue weighted by Crippen LogP contribution is 1.91. The zero-order valence-electron chi connectivity index (χ0n) is 7.32. The number of rotatable bonds is 5. The van der Waals surface area contributed by atoms with Crippen LogP contribution in [0.15, 0.2) is 0 Å². The summed E-state index contributed by atoms with van der Waals surface area (Å²) < 4.78 is 0. The second kappa shape index (κ2) is 5.52. The van der Waals surface area contributed by atoms with Gasteiger partial charge < -0.3 is 0 Å². The van der Waals surface area contributed by atoms with E-state index in [2.05, 4.69) is 22.9 Å². The van der Waals surface area contributed by atoms with E-state index in [0.717, 1.165) is 19.6 Å². The molecule has 0 aliphatic carbocycles. The highest BCUT2D eigenvalue weighted by molar-refractivity contribution is 4.69. The maximum atomic E-state index is 3.39. The van der Waals surface area contributed by atoms with Crippen molar-refractivity contribution in [2.24, 2.45) is 0 Å². The Morgan fingerprint density at radius 2 is 2.00 bits per heavy atom. The van der Waals surface area contributed by atoms with Gasteiger partial charge in [0.1, 0.15) is 6.29 Å². The third kappa shape index (κ3) is 3.70. The molecule has 11 heavy (non-hydrogen) atoms. The van der Waals surface area contributed by atoms with Crippen molar-refractivity contribution in [3.8, 4) is 0 Å². The summed E-state index contributed by atoms with van der Waals surface area (Å²) in [6.07, 6.45) is 4.29. The minimum Gasteiger partial charge on any atom is -0.290 e. The summed E-state index contributed by atoms with van der Waals surface area (Å²) in [5, 5.41) is 10.0. The molecule has 1 aliphatic heterocycles. The number of nitrogens with one attached hydrogen (secondary N) is 3. The molecule has 0 unspecified atom stereocenters. The molecule has 1 heterocycles. The molecule has 0 aromatic rings. The van der Waals surface area contributed by atoms with Gasteiger partial charge >= 0.3 is 0 Å². The summed E-state index contributed by atoms with van der Waals surface area (Å²) in [6, 6.07) is 0. The highest BCUT2D eigenvalue weighted by atomic mass is 15.3. The summed E-state index contributed by atoms with van der Waals surface area (Å²) in [6.45, 7) is 5.53. The summed E-state index contributed by atoms with van der Waals surface area (Å²) in [5.74, 6) is 0. The van der Waals surface area contributed by atoms with Crippen molar-refractivity contribution >= 4 is 0 Å². The molecule has 0 spiro atoms. The van der Waals surface area contributed by atoms with E-state index < -0.39 is 0 Å². The third-order valence-electron chi connectivity index (χ3n) is 1.95. The second-order valence-electron chi connectivity index (χ2n) is 3.00. The fourth-order valence-corrected chi connectivity index (χ4v) is 1.27. The average Bonchev–Trinajstić information content (AvgIpc) is 2.50. The van der Waals surface area contributed by atoms with Crippen LogP contribution in [0, 0.1) is 0 Å². The van der Waals surface area contributed by atoms with E-state index in [-0.39, 0.29) is 0 Å². The van der Waals surface area contributed by atoms with Crippen molar-refractivity contribution in [3.05, 3.63) is 0 Å². The van der Waals surface area contributed by atoms with E-state index in [1.807, 2.05) is 0 Å². The van der Waals surface area contributed by atoms with Crippen LogP contribution in [0.3, 0.4) is 0 Å². The van der Waals surface area contributed by atoms with Gasteiger partial charge in [-0.25, -0.2) is 0 Å². The fraction of sp³-hybridized carbons (Fsp3) is 1.00. The molecule has 66 valence electrons. The van der Waals surface area contributed by atoms with Crippen LogP contribution >= 0.6 is 0 Å². The maximum absolute atomic E-state index is 3.39. The van der Waals surface area contributed by atoms with Crippen LogP contribution in [-0.4, -0.2) is 25.9 Å². The van der Waals surface area contributed by atoms with Crippen LogP contribution < -0.4 is 16.0 Å². The lowest BCUT2D eigenvalue weighted by Crippen LogP contribution is -2.45. The fourth-order valence-electron chi connectivity index (χ4n) is 1.27. The SMILES string of the molecule is CCCCCNC1NCCN1. The Hall–Kier alpha value is -0.120. The van der Waals surface area contributed by atoms with Gasteiger partial charge in [0.25, 0.3) is 0 Å². The molecular weight excluding hydrogens is 138 g/mol. The van der Waals surface area contributed by atoms with Crippen molar-refractivity contribution in [3.63, 3.8) is 0 Å². The van der Waals surface area contributed by atoms with Crippen molar-refractivity contribution in [2.75, 3.05) is 19.6 Å². The van der Waals surface area contributed by atoms with E-state index in [1.54, 1.807) is 0 Å². The second-order valence-corrected chi connectivity index (χ2v) is 3.00. The monoisotopic (exact) mass is 157 g/mol. The van der Waals surface area contributed by atoms with Gasteiger partial charge in [0.2, 0.25) is 0 Å². The predicted octanol–water partition coefficient (Wildman–Crippen LogP) is 0.243. The van der Waals surface area contributed by atoms with Crippen molar-refractivity contribution < 1.29 is 0 Å². The average molecular weight is 157 g/mol. The largest absolute Gasteiger partial charge is 0.290 e. The lowest BCUT2D eigenvalue weighted by Gasteiger charge is -2.12. The van der Waals surface area contributed by atoms with Gasteiger partial charge in [0.05, 0.1) is 0 Å². The molecule has 0 amide bonds. The Labute approximate surface area is 68.9 Å². The van der Waals surface area contributed by atoms with Crippen LogP contribution in [0.5, 0.6) is 0 Å². The molecular formula is C8H19N3. The van der Waals surface area contributed by atoms with Gasteiger partial charge in [-0.15, -0.1) is 0 Å². The molecule has 3 N–H and O–H groups in total. The number of hydrogen-bond acceptors (Lipinski definition) is 3. The smallest absolute Gasteiger partial charge is 0.112 e. The lowest BCUT2D eigenvalue weighted by atomic mass is 10.2. The van der Waals surface area contributed by atoms with E-state index in [0.29, 0.717) is 6.29 Å². The molecule has 0 radical (unpaired) electrons. The first kappa shape index (κ1) is 8.97. The Kier molecular flexibility index (Phi) is 4.50. The van der Waals surface area contributed by atoms with Crippen molar-refractivity contribution in [1.29, 1.82) is 0 Å². The van der Waals surface area contributed by atoms with Crippen LogP contribution in [0.4, 0.5) is 0 Å². The number of hydrogen-bond donors (Lipinski definition) is 3. The van der Waals surface area contributed by atoms with Crippen LogP contribution in [0.25, 0.3) is 0 Å². The summed E-state index contributed by atoms with van der Waals surface area (Å²) in [5.41, 5.74) is 0. The van der Waals surface area contributed by atoms with Crippen molar-refractivity contribution in [1.82, 2.24) is 16.0 Å². The first-order chi connectivity index (χ1) is 5.43. The summed E-state index contributed by atoms with van der Waals surface area (Å²) >= 11 is 0. The van der Waals surface area contributed by atoms with Gasteiger partial charge in [0, 0.05) is 13.1 Å². The third-order valence-corrected chi connectivity index (χ3v) is 1.95. The Bertz CT molecular complexity index is 89.3. The first-order valence-corrected chi connectivity index (χ1v) is 4.63. The topological polar surface area (TPSA) is 36.1 Å². The quantitative estimate of drug-likeness (QED) is 0.500. The molecule has 3 nitrogen and oxygen atoms in total. The molecule has 1 saturated heterocycles. The molecule has 0 saturated carbocycles. The molecule has 1 fully saturated rings. The van der Waals surface area contributed by atoms with Gasteiger partial charge in [-0.2, -0.15) is 0 Å². The zero-order valence-corrected chi connectivity index (χ0v) is 7.32. The zero-order chi connectivity index (χ0) is 7.94. The maximum Gasteiger partial charge on any atom is 0.112 e. The number of unbranched alkanes of at least 4 members (excludes halogenated alkanes) is 2. The van der Waals surface area contributed by atoms with Crippen LogP contribution in [-0.2, 0) is 0 Å². The lowest BCUT2D eigenvalue weighted by molar-refractivity contribution is 0.437. The van der Waals surface area contributed by atoms with Gasteiger partial charge in [0.15, 0.2) is 0 Å². The Balaban J connectivity index is 1.86. The van der Waals surface area contributed by atoms with E-state index in [9.17, 15) is 0 Å². The van der Waals surface area contributed by atoms with Crippen LogP contribution in [0.1, 0.15) is 26.2 Å². The molecule has 3 heteroatoms. The minimum atomic E-state index is 0.367. The normalized spacial score (nSPS) is 19.4. The Morgan fingerprint density at radius 3 is 2.64 bits per heavy atom. The van der Waals surface area contributed by atoms with Crippen LogP contribution in [0.2, 0.25) is 0 Å². The Morgan fingerprint density at radius 1 is 1.27 bits per heavy atom. The van der Waals surface area contributed by atoms with Gasteiger partial charge in [-0.3, -0.25) is 16.0 Å². The summed E-state index contributed by atoms with van der Waals surface area (Å²) in [7, 11) is 0. The van der Waals surface area contributed by atoms with E-state index in [4.69, 9.17) is 0 Å². The predicted molar refractivity (Wildman–Crippen MR) is 47.3 cm³/mol. The van der Waals surface area contributed by atoms with Crippen molar-refractivity contribution in [2.45, 2.75) is 32.5 Å². The molecule has 1 aliphatic rings. The van der Waals surface area contributed by atoms with E-state index >= 15 is 0 Å². The highest BCUT2D eigenvalue weighted by Gasteiger charge is 2.09. The standard InChI is InChI=1S/C8H19N3/c1-2-3-4-5-9-8-10-6-7-11-8/h8-11H,2-7H2,1H3. The molecule has 0 aromatic heterocycles.